The largest absolute Gasteiger partial charge is 0.454 e. The Morgan fingerprint density at radius 1 is 1.09 bits per heavy atom. The zero-order valence-corrected chi connectivity index (χ0v) is 17.0. The van der Waals surface area contributed by atoms with E-state index in [9.17, 15) is 19.2 Å². The summed E-state index contributed by atoms with van der Waals surface area (Å²) in [5, 5.41) is 7.55. The van der Waals surface area contributed by atoms with Gasteiger partial charge in [0, 0.05) is 13.2 Å². The molecule has 0 fully saturated rings. The summed E-state index contributed by atoms with van der Waals surface area (Å²) in [5.41, 5.74) is 5.57. The van der Waals surface area contributed by atoms with E-state index in [1.807, 2.05) is 6.07 Å². The minimum absolute atomic E-state index is 0.0681. The van der Waals surface area contributed by atoms with Gasteiger partial charge in [0.05, 0.1) is 12.1 Å². The van der Waals surface area contributed by atoms with Crippen LogP contribution in [0.5, 0.6) is 0 Å². The third-order valence-electron chi connectivity index (χ3n) is 4.91. The predicted molar refractivity (Wildman–Crippen MR) is 113 cm³/mol. The van der Waals surface area contributed by atoms with Crippen LogP contribution >= 0.6 is 0 Å². The number of nitrogens with zero attached hydrogens (tertiary/aromatic N) is 5. The van der Waals surface area contributed by atoms with E-state index in [1.165, 1.54) is 30.0 Å². The maximum atomic E-state index is 12.8. The Morgan fingerprint density at radius 3 is 2.59 bits per heavy atom. The number of aromatic nitrogens is 5. The van der Waals surface area contributed by atoms with Crippen molar-refractivity contribution in [3.8, 4) is 0 Å². The number of fused-ring (bicyclic) bond motifs is 1. The summed E-state index contributed by atoms with van der Waals surface area (Å²) in [6, 6.07) is 12.0. The summed E-state index contributed by atoms with van der Waals surface area (Å²) in [4.78, 5) is 50.2. The molecule has 0 aliphatic heterocycles. The number of benzene rings is 1. The van der Waals surface area contributed by atoms with E-state index in [2.05, 4.69) is 10.2 Å². The van der Waals surface area contributed by atoms with Crippen LogP contribution in [0.4, 0.5) is 5.82 Å². The van der Waals surface area contributed by atoms with Crippen molar-refractivity contribution in [1.82, 2.24) is 23.7 Å². The number of ether oxygens (including phenoxy) is 1. The predicted octanol–water partition coefficient (Wildman–Crippen LogP) is 0.260. The number of ketones is 1. The lowest BCUT2D eigenvalue weighted by Gasteiger charge is -2.14. The van der Waals surface area contributed by atoms with Gasteiger partial charge >= 0.3 is 11.7 Å². The highest BCUT2D eigenvalue weighted by atomic mass is 16.5. The fourth-order valence-electron chi connectivity index (χ4n) is 3.20. The van der Waals surface area contributed by atoms with Crippen LogP contribution in [0.25, 0.3) is 5.65 Å². The van der Waals surface area contributed by atoms with Crippen molar-refractivity contribution in [2.24, 2.45) is 7.05 Å². The lowest BCUT2D eigenvalue weighted by Crippen LogP contribution is -2.43. The molecule has 2 N–H and O–H groups in total. The monoisotopic (exact) mass is 434 g/mol. The highest BCUT2D eigenvalue weighted by Crippen LogP contribution is 2.11. The van der Waals surface area contributed by atoms with Crippen molar-refractivity contribution in [3.05, 3.63) is 92.5 Å². The van der Waals surface area contributed by atoms with Crippen LogP contribution in [0.15, 0.2) is 64.6 Å². The van der Waals surface area contributed by atoms with Gasteiger partial charge < -0.3 is 10.5 Å². The van der Waals surface area contributed by atoms with Crippen molar-refractivity contribution >= 4 is 23.2 Å². The maximum absolute atomic E-state index is 12.8. The van der Waals surface area contributed by atoms with E-state index < -0.39 is 35.2 Å². The molecule has 4 rings (SSSR count). The molecule has 0 spiro atoms. The molecule has 162 valence electrons. The third kappa shape index (κ3) is 3.78. The number of rotatable bonds is 6. The minimum Gasteiger partial charge on any atom is -0.454 e. The maximum Gasteiger partial charge on any atom is 0.340 e. The molecule has 0 saturated heterocycles. The highest BCUT2D eigenvalue weighted by molar-refractivity contribution is 6.02. The van der Waals surface area contributed by atoms with E-state index in [-0.39, 0.29) is 17.9 Å². The number of carbonyl (C=O) groups is 2. The molecule has 0 unspecified atom stereocenters. The van der Waals surface area contributed by atoms with Crippen LogP contribution in [0.2, 0.25) is 0 Å². The molecule has 0 amide bonds. The van der Waals surface area contributed by atoms with Crippen LogP contribution in [0.3, 0.4) is 0 Å². The topological polar surface area (TPSA) is 144 Å². The molecule has 0 aliphatic carbocycles. The number of nitrogen functional groups attached to an aromatic ring is 1. The molecule has 0 aliphatic rings. The van der Waals surface area contributed by atoms with Gasteiger partial charge in [-0.1, -0.05) is 30.3 Å². The first-order valence-electron chi connectivity index (χ1n) is 9.49. The zero-order valence-electron chi connectivity index (χ0n) is 17.0. The number of esters is 1. The minimum atomic E-state index is -0.858. The fraction of sp³-hybridized carbons (Fsp3) is 0.143. The molecule has 0 bridgehead atoms. The van der Waals surface area contributed by atoms with Gasteiger partial charge in [-0.3, -0.25) is 23.1 Å². The molecule has 1 aromatic carbocycles. The smallest absolute Gasteiger partial charge is 0.340 e. The van der Waals surface area contributed by atoms with Gasteiger partial charge in [0.2, 0.25) is 5.78 Å². The summed E-state index contributed by atoms with van der Waals surface area (Å²) in [6.45, 7) is -0.652. The van der Waals surface area contributed by atoms with Crippen LogP contribution in [-0.4, -0.2) is 42.1 Å². The second kappa shape index (κ2) is 8.30. The molecule has 3 aromatic heterocycles. The average molecular weight is 434 g/mol. The van der Waals surface area contributed by atoms with Crippen LogP contribution in [0, 0.1) is 0 Å². The highest BCUT2D eigenvalue weighted by Gasteiger charge is 2.23. The number of nitrogens with two attached hydrogens (primary N) is 1. The Hall–Kier alpha value is -4.54. The SMILES string of the molecule is Cn1c(=O)c(C(=O)COC(=O)c2ccc3nncn3c2)c(N)n(Cc2ccccc2)c1=O. The van der Waals surface area contributed by atoms with Crippen LogP contribution in [0.1, 0.15) is 26.3 Å². The Bertz CT molecular complexity index is 1450. The number of hydrogen-bond donors (Lipinski definition) is 1. The number of anilines is 1. The summed E-state index contributed by atoms with van der Waals surface area (Å²) in [6.07, 6.45) is 2.87. The van der Waals surface area contributed by atoms with Gasteiger partial charge in [0.1, 0.15) is 17.7 Å². The normalized spacial score (nSPS) is 10.9. The molecule has 0 atom stereocenters. The second-order valence-corrected chi connectivity index (χ2v) is 6.99. The van der Waals surface area contributed by atoms with Crippen molar-refractivity contribution in [1.29, 1.82) is 0 Å². The average Bonchev–Trinajstić information content (AvgIpc) is 3.27. The Labute approximate surface area is 180 Å². The molecular weight excluding hydrogens is 416 g/mol. The lowest BCUT2D eigenvalue weighted by atomic mass is 10.2. The fourth-order valence-corrected chi connectivity index (χ4v) is 3.20. The number of hydrogen-bond acceptors (Lipinski definition) is 8. The molecule has 3 heterocycles. The third-order valence-corrected chi connectivity index (χ3v) is 4.91. The first-order chi connectivity index (χ1) is 15.4. The summed E-state index contributed by atoms with van der Waals surface area (Å²) in [5.74, 6) is -1.88. The van der Waals surface area contributed by atoms with Gasteiger partial charge in [-0.2, -0.15) is 0 Å². The molecular formula is C21H18N6O5. The van der Waals surface area contributed by atoms with Gasteiger partial charge in [0.25, 0.3) is 5.56 Å². The Morgan fingerprint density at radius 2 is 1.84 bits per heavy atom. The molecule has 0 saturated carbocycles. The van der Waals surface area contributed by atoms with Crippen molar-refractivity contribution in [3.63, 3.8) is 0 Å². The molecule has 0 radical (unpaired) electrons. The summed E-state index contributed by atoms with van der Waals surface area (Å²) >= 11 is 0. The van der Waals surface area contributed by atoms with Crippen molar-refractivity contribution in [2.45, 2.75) is 6.54 Å². The van der Waals surface area contributed by atoms with Crippen molar-refractivity contribution in [2.75, 3.05) is 12.3 Å². The zero-order chi connectivity index (χ0) is 22.8. The standard InChI is InChI=1S/C21H18N6O5/c1-25-19(29)17(18(22)27(21(25)31)9-13-5-3-2-4-6-13)15(28)11-32-20(30)14-7-8-16-24-23-12-26(16)10-14/h2-8,10,12H,9,11,22H2,1H3. The Balaban J connectivity index is 1.59. The quantitative estimate of drug-likeness (QED) is 0.336. The van der Waals surface area contributed by atoms with E-state index in [1.54, 1.807) is 30.3 Å². The second-order valence-electron chi connectivity index (χ2n) is 6.99. The van der Waals surface area contributed by atoms with E-state index >= 15 is 0 Å². The molecule has 11 nitrogen and oxygen atoms in total. The molecule has 32 heavy (non-hydrogen) atoms. The van der Waals surface area contributed by atoms with E-state index in [0.717, 1.165) is 14.7 Å². The van der Waals surface area contributed by atoms with Gasteiger partial charge in [-0.25, -0.2) is 9.59 Å². The summed E-state index contributed by atoms with van der Waals surface area (Å²) in [7, 11) is 1.25. The van der Waals surface area contributed by atoms with E-state index in [4.69, 9.17) is 10.5 Å². The first-order valence-corrected chi connectivity index (χ1v) is 9.49. The van der Waals surface area contributed by atoms with Crippen LogP contribution in [-0.2, 0) is 18.3 Å². The summed E-state index contributed by atoms with van der Waals surface area (Å²) < 4.78 is 8.52. The van der Waals surface area contributed by atoms with Gasteiger partial charge in [-0.05, 0) is 17.7 Å². The number of pyridine rings is 1. The van der Waals surface area contributed by atoms with Gasteiger partial charge in [0.15, 0.2) is 12.3 Å². The molecule has 4 aromatic rings. The van der Waals surface area contributed by atoms with Gasteiger partial charge in [-0.15, -0.1) is 10.2 Å². The lowest BCUT2D eigenvalue weighted by molar-refractivity contribution is 0.0473. The molecule has 11 heteroatoms. The van der Waals surface area contributed by atoms with Crippen LogP contribution < -0.4 is 17.0 Å². The first kappa shape index (κ1) is 20.7. The van der Waals surface area contributed by atoms with Crippen molar-refractivity contribution < 1.29 is 14.3 Å². The number of Topliss-reactive ketones (excluding diaryl/α,β-unsaturated/α-hetero) is 1. The number of carbonyl (C=O) groups excluding carboxylic acids is 2. The van der Waals surface area contributed by atoms with E-state index in [0.29, 0.717) is 5.65 Å². The Kier molecular flexibility index (Phi) is 5.37.